The third kappa shape index (κ3) is 2.50. The first-order chi connectivity index (χ1) is 10.2. The minimum Gasteiger partial charge on any atom is -0.481 e. The van der Waals surface area contributed by atoms with Crippen LogP contribution in [0.25, 0.3) is 16.5 Å². The molecule has 5 nitrogen and oxygen atoms in total. The standard InChI is InChI=1S/C16H15N3O2/c1-11-14(9-10-16(20)21)17-18-19(11)15-8-4-6-12-5-2-3-7-13(12)15/h2-8H,9-10H2,1H3,(H,20,21). The molecule has 0 atom stereocenters. The van der Waals surface area contributed by atoms with Gasteiger partial charge in [-0.25, -0.2) is 4.68 Å². The molecule has 3 aromatic rings. The summed E-state index contributed by atoms with van der Waals surface area (Å²) in [6, 6.07) is 14.1. The van der Waals surface area contributed by atoms with Gasteiger partial charge in [-0.2, -0.15) is 0 Å². The van der Waals surface area contributed by atoms with Crippen molar-refractivity contribution in [2.24, 2.45) is 0 Å². The van der Waals surface area contributed by atoms with Crippen LogP contribution in [0.1, 0.15) is 17.8 Å². The summed E-state index contributed by atoms with van der Waals surface area (Å²) >= 11 is 0. The van der Waals surface area contributed by atoms with E-state index in [2.05, 4.69) is 22.4 Å². The second-order valence-electron chi connectivity index (χ2n) is 4.93. The van der Waals surface area contributed by atoms with Crippen molar-refractivity contribution in [2.45, 2.75) is 19.8 Å². The van der Waals surface area contributed by atoms with Crippen LogP contribution in [0.2, 0.25) is 0 Å². The number of benzene rings is 2. The minimum atomic E-state index is -0.825. The molecule has 2 aromatic carbocycles. The molecule has 106 valence electrons. The number of hydrogen-bond acceptors (Lipinski definition) is 3. The van der Waals surface area contributed by atoms with Gasteiger partial charge < -0.3 is 5.11 Å². The molecule has 0 saturated carbocycles. The zero-order chi connectivity index (χ0) is 14.8. The highest BCUT2D eigenvalue weighted by Crippen LogP contribution is 2.23. The van der Waals surface area contributed by atoms with Gasteiger partial charge in [-0.05, 0) is 18.4 Å². The Morgan fingerprint density at radius 3 is 2.76 bits per heavy atom. The normalized spacial score (nSPS) is 10.9. The first-order valence-electron chi connectivity index (χ1n) is 6.78. The van der Waals surface area contributed by atoms with E-state index in [1.165, 1.54) is 0 Å². The molecule has 0 aliphatic carbocycles. The Bertz CT molecular complexity index is 803. The molecule has 0 bridgehead atoms. The van der Waals surface area contributed by atoms with Gasteiger partial charge in [0.05, 0.1) is 23.5 Å². The summed E-state index contributed by atoms with van der Waals surface area (Å²) in [6.45, 7) is 1.92. The van der Waals surface area contributed by atoms with Crippen molar-refractivity contribution < 1.29 is 9.90 Å². The van der Waals surface area contributed by atoms with Crippen molar-refractivity contribution in [1.29, 1.82) is 0 Å². The van der Waals surface area contributed by atoms with E-state index in [0.717, 1.165) is 27.8 Å². The zero-order valence-corrected chi connectivity index (χ0v) is 11.7. The lowest BCUT2D eigenvalue weighted by atomic mass is 10.1. The van der Waals surface area contributed by atoms with Gasteiger partial charge in [0.2, 0.25) is 0 Å². The molecular formula is C16H15N3O2. The van der Waals surface area contributed by atoms with E-state index < -0.39 is 5.97 Å². The average Bonchev–Trinajstić information content (AvgIpc) is 2.85. The minimum absolute atomic E-state index is 0.0646. The molecule has 1 heterocycles. The van der Waals surface area contributed by atoms with E-state index in [4.69, 9.17) is 5.11 Å². The zero-order valence-electron chi connectivity index (χ0n) is 11.7. The lowest BCUT2D eigenvalue weighted by molar-refractivity contribution is -0.136. The van der Waals surface area contributed by atoms with Gasteiger partial charge in [0, 0.05) is 11.8 Å². The number of aromatic nitrogens is 3. The number of carboxylic acid groups (broad SMARTS) is 1. The van der Waals surface area contributed by atoms with Crippen molar-refractivity contribution >= 4 is 16.7 Å². The Kier molecular flexibility index (Phi) is 3.39. The number of nitrogens with zero attached hydrogens (tertiary/aromatic N) is 3. The molecule has 0 radical (unpaired) electrons. The number of fused-ring (bicyclic) bond motifs is 1. The van der Waals surface area contributed by atoms with E-state index >= 15 is 0 Å². The maximum absolute atomic E-state index is 10.7. The fourth-order valence-electron chi connectivity index (χ4n) is 2.44. The monoisotopic (exact) mass is 281 g/mol. The number of rotatable bonds is 4. The summed E-state index contributed by atoms with van der Waals surface area (Å²) in [5.74, 6) is -0.825. The third-order valence-electron chi connectivity index (χ3n) is 3.56. The first kappa shape index (κ1) is 13.3. The van der Waals surface area contributed by atoms with Crippen LogP contribution in [0.3, 0.4) is 0 Å². The van der Waals surface area contributed by atoms with Crippen LogP contribution in [-0.4, -0.2) is 26.1 Å². The Morgan fingerprint density at radius 2 is 1.95 bits per heavy atom. The summed E-state index contributed by atoms with van der Waals surface area (Å²) < 4.78 is 1.78. The highest BCUT2D eigenvalue weighted by Gasteiger charge is 2.13. The van der Waals surface area contributed by atoms with Gasteiger partial charge in [-0.3, -0.25) is 4.79 Å². The molecule has 1 N–H and O–H groups in total. The van der Waals surface area contributed by atoms with Crippen LogP contribution in [0.4, 0.5) is 0 Å². The van der Waals surface area contributed by atoms with Gasteiger partial charge in [-0.1, -0.05) is 41.6 Å². The van der Waals surface area contributed by atoms with Crippen LogP contribution in [0.5, 0.6) is 0 Å². The molecule has 1 aromatic heterocycles. The number of hydrogen-bond donors (Lipinski definition) is 1. The van der Waals surface area contributed by atoms with E-state index in [9.17, 15) is 4.79 Å². The molecule has 0 aliphatic heterocycles. The Labute approximate surface area is 121 Å². The Balaban J connectivity index is 2.05. The van der Waals surface area contributed by atoms with Crippen molar-refractivity contribution in [3.8, 4) is 5.69 Å². The molecule has 3 rings (SSSR count). The van der Waals surface area contributed by atoms with Crippen LogP contribution >= 0.6 is 0 Å². The van der Waals surface area contributed by atoms with E-state index in [1.807, 2.05) is 37.3 Å². The smallest absolute Gasteiger partial charge is 0.303 e. The lowest BCUT2D eigenvalue weighted by Crippen LogP contribution is -2.02. The number of carbonyl (C=O) groups is 1. The molecule has 0 spiro atoms. The molecule has 0 amide bonds. The van der Waals surface area contributed by atoms with E-state index in [0.29, 0.717) is 6.42 Å². The maximum Gasteiger partial charge on any atom is 0.303 e. The largest absolute Gasteiger partial charge is 0.481 e. The fraction of sp³-hybridized carbons (Fsp3) is 0.188. The van der Waals surface area contributed by atoms with E-state index in [-0.39, 0.29) is 6.42 Å². The second-order valence-corrected chi connectivity index (χ2v) is 4.93. The number of aryl methyl sites for hydroxylation is 1. The van der Waals surface area contributed by atoms with Crippen molar-refractivity contribution in [3.05, 3.63) is 53.9 Å². The maximum atomic E-state index is 10.7. The topological polar surface area (TPSA) is 68.0 Å². The van der Waals surface area contributed by atoms with Crippen LogP contribution in [0.15, 0.2) is 42.5 Å². The molecule has 0 fully saturated rings. The summed E-state index contributed by atoms with van der Waals surface area (Å²) in [6.07, 6.45) is 0.459. The molecule has 0 aliphatic rings. The summed E-state index contributed by atoms with van der Waals surface area (Å²) in [4.78, 5) is 10.7. The molecule has 0 unspecified atom stereocenters. The molecule has 0 saturated heterocycles. The highest BCUT2D eigenvalue weighted by atomic mass is 16.4. The summed E-state index contributed by atoms with van der Waals surface area (Å²) in [5.41, 5.74) is 2.57. The fourth-order valence-corrected chi connectivity index (χ4v) is 2.44. The van der Waals surface area contributed by atoms with Gasteiger partial charge in [0.15, 0.2) is 0 Å². The SMILES string of the molecule is Cc1c(CCC(=O)O)nnn1-c1cccc2ccccc12. The highest BCUT2D eigenvalue weighted by molar-refractivity contribution is 5.90. The predicted octanol–water partition coefficient (Wildman–Crippen LogP) is 2.75. The Morgan fingerprint density at radius 1 is 1.19 bits per heavy atom. The van der Waals surface area contributed by atoms with Gasteiger partial charge in [0.25, 0.3) is 0 Å². The Hall–Kier alpha value is -2.69. The number of carboxylic acids is 1. The van der Waals surface area contributed by atoms with Crippen LogP contribution in [0, 0.1) is 6.92 Å². The van der Waals surface area contributed by atoms with Crippen LogP contribution in [-0.2, 0) is 11.2 Å². The lowest BCUT2D eigenvalue weighted by Gasteiger charge is -2.07. The molecular weight excluding hydrogens is 266 g/mol. The molecule has 5 heteroatoms. The summed E-state index contributed by atoms with van der Waals surface area (Å²) in [7, 11) is 0. The van der Waals surface area contributed by atoms with Crippen molar-refractivity contribution in [1.82, 2.24) is 15.0 Å². The third-order valence-corrected chi connectivity index (χ3v) is 3.56. The predicted molar refractivity (Wildman–Crippen MR) is 79.6 cm³/mol. The van der Waals surface area contributed by atoms with Crippen LogP contribution < -0.4 is 0 Å². The van der Waals surface area contributed by atoms with Crippen molar-refractivity contribution in [2.75, 3.05) is 0 Å². The van der Waals surface area contributed by atoms with E-state index in [1.54, 1.807) is 4.68 Å². The number of aliphatic carboxylic acids is 1. The first-order valence-corrected chi connectivity index (χ1v) is 6.78. The van der Waals surface area contributed by atoms with Gasteiger partial charge >= 0.3 is 5.97 Å². The van der Waals surface area contributed by atoms with Gasteiger partial charge in [0.1, 0.15) is 0 Å². The van der Waals surface area contributed by atoms with Gasteiger partial charge in [-0.15, -0.1) is 5.10 Å². The second kappa shape index (κ2) is 5.36. The van der Waals surface area contributed by atoms with Crippen molar-refractivity contribution in [3.63, 3.8) is 0 Å². The molecule has 21 heavy (non-hydrogen) atoms. The summed E-state index contributed by atoms with van der Waals surface area (Å²) in [5, 5.41) is 19.3. The quantitative estimate of drug-likeness (QED) is 0.798. The average molecular weight is 281 g/mol.